The average molecular weight is 224 g/mol. The van der Waals surface area contributed by atoms with Crippen molar-refractivity contribution in [2.75, 3.05) is 32.7 Å². The number of carbonyl (C=O) groups is 1. The molecule has 2 unspecified atom stereocenters. The Bertz CT molecular complexity index is 274. The first-order chi connectivity index (χ1) is 7.69. The third-order valence-corrected chi connectivity index (χ3v) is 2.74. The predicted octanol–water partition coefficient (Wildman–Crippen LogP) is -0.444. The zero-order valence-electron chi connectivity index (χ0n) is 9.99. The summed E-state index contributed by atoms with van der Waals surface area (Å²) in [5.74, 6) is 0.0230. The van der Waals surface area contributed by atoms with Gasteiger partial charge in [-0.3, -0.25) is 9.69 Å². The maximum Gasteiger partial charge on any atom is 0.238 e. The number of hydrogen-bond acceptors (Lipinski definition) is 4. The van der Waals surface area contributed by atoms with Gasteiger partial charge in [0.05, 0.1) is 12.0 Å². The molecule has 2 atom stereocenters. The molecule has 0 saturated carbocycles. The lowest BCUT2D eigenvalue weighted by molar-refractivity contribution is -0.127. The van der Waals surface area contributed by atoms with Crippen LogP contribution in [0.25, 0.3) is 0 Å². The van der Waals surface area contributed by atoms with E-state index in [1.165, 1.54) is 0 Å². The van der Waals surface area contributed by atoms with Crippen LogP contribution in [0.1, 0.15) is 13.8 Å². The molecule has 90 valence electrons. The molecule has 5 nitrogen and oxygen atoms in total. The van der Waals surface area contributed by atoms with Crippen molar-refractivity contribution >= 4 is 5.91 Å². The van der Waals surface area contributed by atoms with Gasteiger partial charge in [0, 0.05) is 32.7 Å². The Balaban J connectivity index is 2.57. The van der Waals surface area contributed by atoms with Gasteiger partial charge >= 0.3 is 0 Å². The van der Waals surface area contributed by atoms with Crippen LogP contribution in [0.3, 0.4) is 0 Å². The fraction of sp³-hybridized carbons (Fsp3) is 0.818. The standard InChI is InChI=1S/C11H20N4O/c1-3-14-11(16)10-7-13-4-5-15(10)8-9(2)6-12/h9-10,13H,3-5,7-8H2,1-2H3,(H,14,16). The summed E-state index contributed by atoms with van der Waals surface area (Å²) in [5, 5.41) is 14.8. The van der Waals surface area contributed by atoms with Gasteiger partial charge in [0.25, 0.3) is 0 Å². The summed E-state index contributed by atoms with van der Waals surface area (Å²) in [6.45, 7) is 7.50. The fourth-order valence-corrected chi connectivity index (χ4v) is 1.91. The van der Waals surface area contributed by atoms with Crippen molar-refractivity contribution in [3.8, 4) is 6.07 Å². The molecule has 1 saturated heterocycles. The molecule has 0 radical (unpaired) electrons. The first-order valence-electron chi connectivity index (χ1n) is 5.81. The van der Waals surface area contributed by atoms with E-state index in [2.05, 4.69) is 21.6 Å². The Labute approximate surface area is 96.8 Å². The van der Waals surface area contributed by atoms with E-state index in [-0.39, 0.29) is 17.9 Å². The highest BCUT2D eigenvalue weighted by molar-refractivity contribution is 5.82. The molecule has 5 heteroatoms. The molecule has 0 bridgehead atoms. The van der Waals surface area contributed by atoms with Crippen molar-refractivity contribution in [3.63, 3.8) is 0 Å². The summed E-state index contributed by atoms with van der Waals surface area (Å²) < 4.78 is 0. The topological polar surface area (TPSA) is 68.2 Å². The van der Waals surface area contributed by atoms with Crippen molar-refractivity contribution in [2.45, 2.75) is 19.9 Å². The van der Waals surface area contributed by atoms with E-state index in [4.69, 9.17) is 5.26 Å². The van der Waals surface area contributed by atoms with E-state index in [1.807, 2.05) is 13.8 Å². The second-order valence-corrected chi connectivity index (χ2v) is 4.14. The van der Waals surface area contributed by atoms with Crippen molar-refractivity contribution < 1.29 is 4.79 Å². The molecule has 16 heavy (non-hydrogen) atoms. The van der Waals surface area contributed by atoms with E-state index < -0.39 is 0 Å². The zero-order valence-corrected chi connectivity index (χ0v) is 9.99. The van der Waals surface area contributed by atoms with Crippen molar-refractivity contribution in [3.05, 3.63) is 0 Å². The van der Waals surface area contributed by atoms with Gasteiger partial charge in [-0.25, -0.2) is 0 Å². The molecular formula is C11H20N4O. The first kappa shape index (κ1) is 12.9. The summed E-state index contributed by atoms with van der Waals surface area (Å²) in [6, 6.07) is 2.08. The summed E-state index contributed by atoms with van der Waals surface area (Å²) in [7, 11) is 0. The number of amides is 1. The highest BCUT2D eigenvalue weighted by Crippen LogP contribution is 2.07. The normalized spacial score (nSPS) is 23.4. The summed E-state index contributed by atoms with van der Waals surface area (Å²) >= 11 is 0. The predicted molar refractivity (Wildman–Crippen MR) is 61.7 cm³/mol. The molecule has 0 aromatic carbocycles. The molecular weight excluding hydrogens is 204 g/mol. The number of nitrogens with zero attached hydrogens (tertiary/aromatic N) is 2. The lowest BCUT2D eigenvalue weighted by Gasteiger charge is -2.35. The number of hydrogen-bond donors (Lipinski definition) is 2. The number of nitriles is 1. The third-order valence-electron chi connectivity index (χ3n) is 2.74. The van der Waals surface area contributed by atoms with Crippen LogP contribution in [0.15, 0.2) is 0 Å². The van der Waals surface area contributed by atoms with Gasteiger partial charge < -0.3 is 10.6 Å². The number of rotatable bonds is 4. The molecule has 1 heterocycles. The SMILES string of the molecule is CCNC(=O)C1CNCCN1CC(C)C#N. The molecule has 1 fully saturated rings. The molecule has 0 aromatic heterocycles. The summed E-state index contributed by atoms with van der Waals surface area (Å²) in [4.78, 5) is 13.9. The monoisotopic (exact) mass is 224 g/mol. The number of nitrogens with one attached hydrogen (secondary N) is 2. The van der Waals surface area contributed by atoms with Crippen LogP contribution in [0.4, 0.5) is 0 Å². The molecule has 0 aliphatic carbocycles. The minimum Gasteiger partial charge on any atom is -0.355 e. The van der Waals surface area contributed by atoms with Gasteiger partial charge in [-0.1, -0.05) is 0 Å². The molecule has 1 amide bonds. The van der Waals surface area contributed by atoms with Crippen molar-refractivity contribution in [2.24, 2.45) is 5.92 Å². The Morgan fingerprint density at radius 2 is 2.50 bits per heavy atom. The van der Waals surface area contributed by atoms with E-state index in [0.717, 1.165) is 13.1 Å². The number of likely N-dealkylation sites (N-methyl/N-ethyl adjacent to an activating group) is 1. The van der Waals surface area contributed by atoms with E-state index in [9.17, 15) is 4.79 Å². The van der Waals surface area contributed by atoms with Gasteiger partial charge in [-0.05, 0) is 13.8 Å². The van der Waals surface area contributed by atoms with Crippen LogP contribution in [-0.2, 0) is 4.79 Å². The van der Waals surface area contributed by atoms with Crippen LogP contribution in [0, 0.1) is 17.2 Å². The van der Waals surface area contributed by atoms with Crippen LogP contribution in [-0.4, -0.2) is 49.6 Å². The second kappa shape index (κ2) is 6.46. The summed E-state index contributed by atoms with van der Waals surface area (Å²) in [6.07, 6.45) is 0. The molecule has 1 aliphatic heterocycles. The van der Waals surface area contributed by atoms with E-state index in [1.54, 1.807) is 0 Å². The van der Waals surface area contributed by atoms with E-state index >= 15 is 0 Å². The van der Waals surface area contributed by atoms with Crippen LogP contribution in [0.2, 0.25) is 0 Å². The van der Waals surface area contributed by atoms with Crippen molar-refractivity contribution in [1.29, 1.82) is 5.26 Å². The summed E-state index contributed by atoms with van der Waals surface area (Å²) in [5.41, 5.74) is 0. The van der Waals surface area contributed by atoms with E-state index in [0.29, 0.717) is 19.6 Å². The zero-order chi connectivity index (χ0) is 12.0. The minimum absolute atomic E-state index is 0.0324. The highest BCUT2D eigenvalue weighted by Gasteiger charge is 2.28. The smallest absolute Gasteiger partial charge is 0.238 e. The largest absolute Gasteiger partial charge is 0.355 e. The first-order valence-corrected chi connectivity index (χ1v) is 5.81. The number of piperazine rings is 1. The van der Waals surface area contributed by atoms with Gasteiger partial charge in [-0.15, -0.1) is 0 Å². The van der Waals surface area contributed by atoms with Gasteiger partial charge in [0.2, 0.25) is 5.91 Å². The third kappa shape index (κ3) is 3.47. The Morgan fingerprint density at radius 3 is 3.12 bits per heavy atom. The Hall–Kier alpha value is -1.12. The van der Waals surface area contributed by atoms with Crippen LogP contribution in [0.5, 0.6) is 0 Å². The highest BCUT2D eigenvalue weighted by atomic mass is 16.2. The lowest BCUT2D eigenvalue weighted by Crippen LogP contribution is -2.58. The Kier molecular flexibility index (Phi) is 5.23. The fourth-order valence-electron chi connectivity index (χ4n) is 1.91. The maximum atomic E-state index is 11.8. The van der Waals surface area contributed by atoms with Crippen molar-refractivity contribution in [1.82, 2.24) is 15.5 Å². The van der Waals surface area contributed by atoms with Gasteiger partial charge in [0.1, 0.15) is 6.04 Å². The molecule has 0 aromatic rings. The Morgan fingerprint density at radius 1 is 1.75 bits per heavy atom. The second-order valence-electron chi connectivity index (χ2n) is 4.14. The van der Waals surface area contributed by atoms with Gasteiger partial charge in [0.15, 0.2) is 0 Å². The molecule has 2 N–H and O–H groups in total. The quantitative estimate of drug-likeness (QED) is 0.679. The van der Waals surface area contributed by atoms with Crippen LogP contribution >= 0.6 is 0 Å². The maximum absolute atomic E-state index is 11.8. The molecule has 1 rings (SSSR count). The van der Waals surface area contributed by atoms with Gasteiger partial charge in [-0.2, -0.15) is 5.26 Å². The molecule has 0 spiro atoms. The molecule has 1 aliphatic rings. The number of carbonyl (C=O) groups excluding carboxylic acids is 1. The van der Waals surface area contributed by atoms with Crippen LogP contribution < -0.4 is 10.6 Å². The lowest BCUT2D eigenvalue weighted by atomic mass is 10.1. The minimum atomic E-state index is -0.135. The average Bonchev–Trinajstić information content (AvgIpc) is 2.30.